The lowest BCUT2D eigenvalue weighted by Crippen LogP contribution is -2.43. The van der Waals surface area contributed by atoms with Gasteiger partial charge in [0.1, 0.15) is 0 Å². The molecule has 2 heterocycles. The quantitative estimate of drug-likeness (QED) is 0.939. The molecule has 3 rings (SSSR count). The van der Waals surface area contributed by atoms with Gasteiger partial charge in [-0.2, -0.15) is 0 Å². The lowest BCUT2D eigenvalue weighted by molar-refractivity contribution is -0.125. The zero-order valence-corrected chi connectivity index (χ0v) is 14.3. The van der Waals surface area contributed by atoms with Gasteiger partial charge in [0.15, 0.2) is 0 Å². The number of carbonyl (C=O) groups excluding carboxylic acids is 1. The second kappa shape index (κ2) is 7.43. The van der Waals surface area contributed by atoms with Crippen molar-refractivity contribution in [2.24, 2.45) is 5.92 Å². The van der Waals surface area contributed by atoms with Gasteiger partial charge >= 0.3 is 0 Å². The highest BCUT2D eigenvalue weighted by atomic mass is 16.1. The molecule has 0 radical (unpaired) electrons. The van der Waals surface area contributed by atoms with E-state index in [-0.39, 0.29) is 11.8 Å². The molecule has 1 saturated heterocycles. The van der Waals surface area contributed by atoms with Crippen molar-refractivity contribution in [1.29, 1.82) is 0 Å². The summed E-state index contributed by atoms with van der Waals surface area (Å²) in [6.07, 6.45) is 3.68. The molecule has 1 aliphatic rings. The molecule has 1 amide bonds. The number of carbonyl (C=O) groups is 1. The fourth-order valence-corrected chi connectivity index (χ4v) is 3.10. The maximum absolute atomic E-state index is 12.5. The number of nitrogens with one attached hydrogen (secondary N) is 1. The third-order valence-electron chi connectivity index (χ3n) is 4.57. The van der Waals surface area contributed by atoms with E-state index >= 15 is 0 Å². The van der Waals surface area contributed by atoms with Gasteiger partial charge in [0.2, 0.25) is 11.9 Å². The van der Waals surface area contributed by atoms with Crippen LogP contribution >= 0.6 is 0 Å². The summed E-state index contributed by atoms with van der Waals surface area (Å²) < 4.78 is 0. The lowest BCUT2D eigenvalue weighted by atomic mass is 9.97. The Morgan fingerprint density at radius 2 is 2.12 bits per heavy atom. The zero-order valence-electron chi connectivity index (χ0n) is 14.3. The summed E-state index contributed by atoms with van der Waals surface area (Å²) in [5, 5.41) is 3.09. The number of hydrogen-bond acceptors (Lipinski definition) is 4. The number of aryl methyl sites for hydroxylation is 2. The highest BCUT2D eigenvalue weighted by Crippen LogP contribution is 2.20. The van der Waals surface area contributed by atoms with Crippen LogP contribution in [0.25, 0.3) is 0 Å². The maximum atomic E-state index is 12.5. The molecule has 5 heteroatoms. The van der Waals surface area contributed by atoms with E-state index < -0.39 is 0 Å². The van der Waals surface area contributed by atoms with Gasteiger partial charge in [-0.15, -0.1) is 0 Å². The smallest absolute Gasteiger partial charge is 0.225 e. The molecular formula is C19H24N4O. The minimum atomic E-state index is -0.00752. The molecule has 1 atom stereocenters. The largest absolute Gasteiger partial charge is 0.352 e. The SMILES string of the molecule is Cc1ccnc(N2CCC[C@H](C(=O)NCc3ccccc3C)C2)n1. The van der Waals surface area contributed by atoms with Crippen LogP contribution < -0.4 is 10.2 Å². The minimum absolute atomic E-state index is 0.00752. The van der Waals surface area contributed by atoms with Crippen LogP contribution in [-0.4, -0.2) is 29.0 Å². The molecule has 1 N–H and O–H groups in total. The number of hydrogen-bond donors (Lipinski definition) is 1. The Kier molecular flexibility index (Phi) is 5.08. The molecule has 1 aliphatic heterocycles. The number of nitrogens with zero attached hydrogens (tertiary/aromatic N) is 3. The second-order valence-corrected chi connectivity index (χ2v) is 6.43. The molecule has 0 saturated carbocycles. The van der Waals surface area contributed by atoms with E-state index in [9.17, 15) is 4.79 Å². The monoisotopic (exact) mass is 324 g/mol. The molecule has 24 heavy (non-hydrogen) atoms. The Hall–Kier alpha value is -2.43. The molecule has 0 bridgehead atoms. The Balaban J connectivity index is 1.60. The molecule has 126 valence electrons. The Labute approximate surface area is 143 Å². The highest BCUT2D eigenvalue weighted by molar-refractivity contribution is 5.79. The van der Waals surface area contributed by atoms with E-state index in [2.05, 4.69) is 39.2 Å². The maximum Gasteiger partial charge on any atom is 0.225 e. The fourth-order valence-electron chi connectivity index (χ4n) is 3.10. The number of benzene rings is 1. The summed E-state index contributed by atoms with van der Waals surface area (Å²) in [7, 11) is 0. The average Bonchev–Trinajstić information content (AvgIpc) is 2.61. The Morgan fingerprint density at radius 3 is 2.92 bits per heavy atom. The molecule has 1 aromatic heterocycles. The van der Waals surface area contributed by atoms with Crippen LogP contribution in [0.15, 0.2) is 36.5 Å². The topological polar surface area (TPSA) is 58.1 Å². The summed E-state index contributed by atoms with van der Waals surface area (Å²) in [4.78, 5) is 23.5. The molecule has 1 fully saturated rings. The number of anilines is 1. The Morgan fingerprint density at radius 1 is 1.29 bits per heavy atom. The van der Waals surface area contributed by atoms with Crippen molar-refractivity contribution in [3.05, 3.63) is 53.3 Å². The molecule has 1 aromatic carbocycles. The minimum Gasteiger partial charge on any atom is -0.352 e. The normalized spacial score (nSPS) is 17.6. The van der Waals surface area contributed by atoms with Crippen molar-refractivity contribution in [3.63, 3.8) is 0 Å². The van der Waals surface area contributed by atoms with E-state index in [4.69, 9.17) is 0 Å². The molecule has 0 unspecified atom stereocenters. The van der Waals surface area contributed by atoms with Gasteiger partial charge in [0.25, 0.3) is 0 Å². The molecule has 5 nitrogen and oxygen atoms in total. The summed E-state index contributed by atoms with van der Waals surface area (Å²) in [5.41, 5.74) is 3.32. The van der Waals surface area contributed by atoms with Gasteiger partial charge in [0, 0.05) is 31.5 Å². The third-order valence-corrected chi connectivity index (χ3v) is 4.57. The van der Waals surface area contributed by atoms with Crippen LogP contribution in [-0.2, 0) is 11.3 Å². The van der Waals surface area contributed by atoms with Crippen molar-refractivity contribution in [2.45, 2.75) is 33.2 Å². The van der Waals surface area contributed by atoms with Crippen LogP contribution in [0.3, 0.4) is 0 Å². The van der Waals surface area contributed by atoms with Crippen LogP contribution in [0.5, 0.6) is 0 Å². The molecule has 0 spiro atoms. The molecular weight excluding hydrogens is 300 g/mol. The van der Waals surface area contributed by atoms with E-state index in [1.807, 2.05) is 25.1 Å². The molecule has 0 aliphatic carbocycles. The Bertz CT molecular complexity index is 716. The second-order valence-electron chi connectivity index (χ2n) is 6.43. The van der Waals surface area contributed by atoms with Gasteiger partial charge in [-0.25, -0.2) is 9.97 Å². The lowest BCUT2D eigenvalue weighted by Gasteiger charge is -2.32. The predicted molar refractivity (Wildman–Crippen MR) is 94.7 cm³/mol. The van der Waals surface area contributed by atoms with E-state index in [0.29, 0.717) is 13.1 Å². The van der Waals surface area contributed by atoms with Crippen molar-refractivity contribution >= 4 is 11.9 Å². The van der Waals surface area contributed by atoms with Crippen LogP contribution in [0.2, 0.25) is 0 Å². The first kappa shape index (κ1) is 16.4. The van der Waals surface area contributed by atoms with Crippen molar-refractivity contribution in [3.8, 4) is 0 Å². The van der Waals surface area contributed by atoms with Gasteiger partial charge < -0.3 is 10.2 Å². The van der Waals surface area contributed by atoms with E-state index in [1.165, 1.54) is 11.1 Å². The first-order chi connectivity index (χ1) is 11.6. The van der Waals surface area contributed by atoms with Gasteiger partial charge in [-0.3, -0.25) is 4.79 Å². The van der Waals surface area contributed by atoms with Crippen molar-refractivity contribution in [2.75, 3.05) is 18.0 Å². The summed E-state index contributed by atoms with van der Waals surface area (Å²) in [5.74, 6) is 0.842. The standard InChI is InChI=1S/C19H24N4O/c1-14-6-3-4-7-16(14)12-21-18(24)17-8-5-11-23(13-17)19-20-10-9-15(2)22-19/h3-4,6-7,9-10,17H,5,8,11-13H2,1-2H3,(H,21,24)/t17-/m0/s1. The van der Waals surface area contributed by atoms with Gasteiger partial charge in [0.05, 0.1) is 5.92 Å². The first-order valence-corrected chi connectivity index (χ1v) is 8.50. The predicted octanol–water partition coefficient (Wildman–Crippen LogP) is 2.63. The third kappa shape index (κ3) is 3.91. The number of rotatable bonds is 4. The zero-order chi connectivity index (χ0) is 16.9. The van der Waals surface area contributed by atoms with Crippen molar-refractivity contribution < 1.29 is 4.79 Å². The summed E-state index contributed by atoms with van der Waals surface area (Å²) in [6, 6.07) is 10.0. The fraction of sp³-hybridized carbons (Fsp3) is 0.421. The highest BCUT2D eigenvalue weighted by Gasteiger charge is 2.27. The van der Waals surface area contributed by atoms with Crippen molar-refractivity contribution in [1.82, 2.24) is 15.3 Å². The number of piperidine rings is 1. The van der Waals surface area contributed by atoms with Crippen LogP contribution in [0.4, 0.5) is 5.95 Å². The summed E-state index contributed by atoms with van der Waals surface area (Å²) >= 11 is 0. The van der Waals surface area contributed by atoms with Crippen LogP contribution in [0.1, 0.15) is 29.7 Å². The number of aromatic nitrogens is 2. The number of amides is 1. The average molecular weight is 324 g/mol. The van der Waals surface area contributed by atoms with E-state index in [1.54, 1.807) is 6.20 Å². The van der Waals surface area contributed by atoms with E-state index in [0.717, 1.165) is 31.0 Å². The van der Waals surface area contributed by atoms with Gasteiger partial charge in [-0.05, 0) is 43.9 Å². The molecule has 2 aromatic rings. The first-order valence-electron chi connectivity index (χ1n) is 8.50. The van der Waals surface area contributed by atoms with Crippen LogP contribution in [0, 0.1) is 19.8 Å². The van der Waals surface area contributed by atoms with Gasteiger partial charge in [-0.1, -0.05) is 24.3 Å². The summed E-state index contributed by atoms with van der Waals surface area (Å²) in [6.45, 7) is 6.21.